The van der Waals surface area contributed by atoms with E-state index in [1.807, 2.05) is 6.07 Å². The van der Waals surface area contributed by atoms with Crippen molar-refractivity contribution in [1.29, 1.82) is 0 Å². The molecule has 3 nitrogen and oxygen atoms in total. The quantitative estimate of drug-likeness (QED) is 0.747. The van der Waals surface area contributed by atoms with E-state index in [0.29, 0.717) is 12.0 Å². The van der Waals surface area contributed by atoms with E-state index in [1.165, 1.54) is 28.9 Å². The molecule has 0 saturated carbocycles. The number of hydrogen-bond acceptors (Lipinski definition) is 3. The minimum Gasteiger partial charge on any atom is -0.497 e. The van der Waals surface area contributed by atoms with Crippen molar-refractivity contribution in [1.82, 2.24) is 0 Å². The van der Waals surface area contributed by atoms with Gasteiger partial charge in [-0.2, -0.15) is 0 Å². The van der Waals surface area contributed by atoms with Gasteiger partial charge in [0.25, 0.3) is 0 Å². The maximum atomic E-state index is 12.3. The number of ketones is 2. The van der Waals surface area contributed by atoms with Crippen LogP contribution in [0.3, 0.4) is 0 Å². The number of hydrogen-bond donors (Lipinski definition) is 0. The van der Waals surface area contributed by atoms with E-state index in [2.05, 4.69) is 18.2 Å². The molecule has 0 aliphatic heterocycles. The van der Waals surface area contributed by atoms with Crippen molar-refractivity contribution in [2.24, 2.45) is 5.92 Å². The van der Waals surface area contributed by atoms with Gasteiger partial charge in [-0.3, -0.25) is 9.59 Å². The summed E-state index contributed by atoms with van der Waals surface area (Å²) in [6.07, 6.45) is 7.28. The third-order valence-corrected chi connectivity index (χ3v) is 4.85. The molecule has 0 amide bonds. The molecule has 4 rings (SSSR count). The minimum atomic E-state index is -0.00886. The van der Waals surface area contributed by atoms with Crippen LogP contribution in [0.1, 0.15) is 24.0 Å². The Hall–Kier alpha value is -2.42. The van der Waals surface area contributed by atoms with Gasteiger partial charge >= 0.3 is 0 Å². The first-order valence-electron chi connectivity index (χ1n) is 7.56. The van der Waals surface area contributed by atoms with Gasteiger partial charge in [0.15, 0.2) is 11.6 Å². The first-order valence-corrected chi connectivity index (χ1v) is 7.56. The van der Waals surface area contributed by atoms with Crippen molar-refractivity contribution in [2.45, 2.75) is 19.3 Å². The van der Waals surface area contributed by atoms with Crippen molar-refractivity contribution < 1.29 is 14.3 Å². The van der Waals surface area contributed by atoms with Gasteiger partial charge < -0.3 is 4.74 Å². The van der Waals surface area contributed by atoms with Gasteiger partial charge in [-0.25, -0.2) is 0 Å². The molecule has 3 heteroatoms. The maximum Gasteiger partial charge on any atom is 0.183 e. The van der Waals surface area contributed by atoms with Crippen molar-refractivity contribution in [3.8, 4) is 5.75 Å². The normalized spacial score (nSPS) is 22.8. The maximum absolute atomic E-state index is 12.3. The molecule has 1 aromatic carbocycles. The van der Waals surface area contributed by atoms with Crippen molar-refractivity contribution in [3.05, 3.63) is 58.7 Å². The van der Waals surface area contributed by atoms with Crippen LogP contribution in [0.25, 0.3) is 5.57 Å². The predicted molar refractivity (Wildman–Crippen MR) is 83.6 cm³/mol. The molecule has 0 unspecified atom stereocenters. The third kappa shape index (κ3) is 1.82. The number of aryl methyl sites for hydroxylation is 1. The Kier molecular flexibility index (Phi) is 2.89. The molecule has 0 saturated heterocycles. The minimum absolute atomic E-state index is 0.00200. The van der Waals surface area contributed by atoms with E-state index in [0.717, 1.165) is 24.2 Å². The molecule has 3 aliphatic rings. The molecular formula is C19H16O3. The summed E-state index contributed by atoms with van der Waals surface area (Å²) >= 11 is 0. The molecule has 110 valence electrons. The van der Waals surface area contributed by atoms with Crippen molar-refractivity contribution in [2.75, 3.05) is 7.11 Å². The van der Waals surface area contributed by atoms with Gasteiger partial charge in [0.05, 0.1) is 7.11 Å². The van der Waals surface area contributed by atoms with Crippen LogP contribution in [0.2, 0.25) is 0 Å². The molecule has 0 fully saturated rings. The van der Waals surface area contributed by atoms with Gasteiger partial charge in [0, 0.05) is 17.1 Å². The highest BCUT2D eigenvalue weighted by molar-refractivity contribution is 6.21. The Balaban J connectivity index is 1.80. The topological polar surface area (TPSA) is 43.4 Å². The molecule has 0 aromatic heterocycles. The Morgan fingerprint density at radius 1 is 1.14 bits per heavy atom. The molecular weight excluding hydrogens is 276 g/mol. The molecule has 0 N–H and O–H groups in total. The summed E-state index contributed by atoms with van der Waals surface area (Å²) in [4.78, 5) is 24.3. The smallest absolute Gasteiger partial charge is 0.183 e. The van der Waals surface area contributed by atoms with Crippen LogP contribution in [-0.2, 0) is 16.0 Å². The van der Waals surface area contributed by atoms with Crippen LogP contribution in [0.4, 0.5) is 0 Å². The number of ether oxygens (including phenoxy) is 1. The van der Waals surface area contributed by atoms with E-state index in [9.17, 15) is 9.59 Å². The SMILES string of the molecule is COc1ccc2c(c1)CC[C@@H]1C2=CCC2=C1C(=O)C=CC2=O. The van der Waals surface area contributed by atoms with E-state index in [4.69, 9.17) is 4.74 Å². The third-order valence-electron chi connectivity index (χ3n) is 4.85. The van der Waals surface area contributed by atoms with Crippen molar-refractivity contribution in [3.63, 3.8) is 0 Å². The van der Waals surface area contributed by atoms with Crippen LogP contribution in [0, 0.1) is 5.92 Å². The number of allylic oxidation sites excluding steroid dienone is 6. The zero-order valence-electron chi connectivity index (χ0n) is 12.4. The van der Waals surface area contributed by atoms with E-state index in [-0.39, 0.29) is 17.5 Å². The monoisotopic (exact) mass is 292 g/mol. The fourth-order valence-electron chi connectivity index (χ4n) is 3.81. The molecule has 22 heavy (non-hydrogen) atoms. The molecule has 0 bridgehead atoms. The average molecular weight is 292 g/mol. The summed E-state index contributed by atoms with van der Waals surface area (Å²) in [7, 11) is 1.67. The lowest BCUT2D eigenvalue weighted by Gasteiger charge is -2.34. The van der Waals surface area contributed by atoms with E-state index < -0.39 is 0 Å². The lowest BCUT2D eigenvalue weighted by Crippen LogP contribution is -2.27. The summed E-state index contributed by atoms with van der Waals surface area (Å²) < 4.78 is 5.30. The zero-order valence-corrected chi connectivity index (χ0v) is 12.4. The number of benzene rings is 1. The van der Waals surface area contributed by atoms with Gasteiger partial charge in [-0.15, -0.1) is 0 Å². The highest BCUT2D eigenvalue weighted by atomic mass is 16.5. The predicted octanol–water partition coefficient (Wildman–Crippen LogP) is 3.05. The molecule has 0 radical (unpaired) electrons. The van der Waals surface area contributed by atoms with Crippen LogP contribution in [-0.4, -0.2) is 18.7 Å². The molecule has 3 aliphatic carbocycles. The lowest BCUT2D eigenvalue weighted by atomic mass is 9.69. The molecule has 0 spiro atoms. The average Bonchev–Trinajstić information content (AvgIpc) is 2.56. The zero-order chi connectivity index (χ0) is 15.3. The van der Waals surface area contributed by atoms with Crippen LogP contribution < -0.4 is 4.74 Å². The first-order chi connectivity index (χ1) is 10.7. The lowest BCUT2D eigenvalue weighted by molar-refractivity contribution is -0.115. The molecule has 0 heterocycles. The summed E-state index contributed by atoms with van der Waals surface area (Å²) in [6, 6.07) is 6.10. The van der Waals surface area contributed by atoms with Gasteiger partial charge in [-0.05, 0) is 60.2 Å². The largest absolute Gasteiger partial charge is 0.497 e. The van der Waals surface area contributed by atoms with Crippen molar-refractivity contribution >= 4 is 17.1 Å². The Bertz CT molecular complexity index is 793. The fraction of sp³-hybridized carbons (Fsp3) is 0.263. The Labute approximate surface area is 129 Å². The van der Waals surface area contributed by atoms with E-state index >= 15 is 0 Å². The molecule has 1 atom stereocenters. The van der Waals surface area contributed by atoms with Crippen LogP contribution in [0.15, 0.2) is 47.6 Å². The first kappa shape index (κ1) is 13.3. The fourth-order valence-corrected chi connectivity index (χ4v) is 3.81. The van der Waals surface area contributed by atoms with Crippen LogP contribution in [0.5, 0.6) is 5.75 Å². The van der Waals surface area contributed by atoms with Gasteiger partial charge in [0.2, 0.25) is 0 Å². The van der Waals surface area contributed by atoms with Gasteiger partial charge in [-0.1, -0.05) is 12.1 Å². The number of methoxy groups -OCH3 is 1. The Morgan fingerprint density at radius 3 is 2.77 bits per heavy atom. The summed E-state index contributed by atoms with van der Waals surface area (Å²) in [5.41, 5.74) is 5.07. The number of rotatable bonds is 1. The second-order valence-electron chi connectivity index (χ2n) is 5.93. The van der Waals surface area contributed by atoms with Gasteiger partial charge in [0.1, 0.15) is 5.75 Å². The summed E-state index contributed by atoms with van der Waals surface area (Å²) in [5, 5.41) is 0. The Morgan fingerprint density at radius 2 is 1.95 bits per heavy atom. The van der Waals surface area contributed by atoms with Crippen LogP contribution >= 0.6 is 0 Å². The number of carbonyl (C=O) groups is 2. The second kappa shape index (κ2) is 4.80. The highest BCUT2D eigenvalue weighted by Gasteiger charge is 2.36. The summed E-state index contributed by atoms with van der Waals surface area (Å²) in [6.45, 7) is 0. The number of carbonyl (C=O) groups excluding carboxylic acids is 2. The van der Waals surface area contributed by atoms with E-state index in [1.54, 1.807) is 7.11 Å². The second-order valence-corrected chi connectivity index (χ2v) is 5.93. The number of fused-ring (bicyclic) bond motifs is 4. The molecule has 1 aromatic rings. The highest BCUT2D eigenvalue weighted by Crippen LogP contribution is 2.45. The standard InChI is InChI=1S/C19H16O3/c1-22-12-3-5-13-11(10-12)2-4-15-14(13)6-7-16-17(20)8-9-18(21)19(15)16/h3,5-6,8-10,15H,2,4,7H2,1H3/t15-/m1/s1. The summed E-state index contributed by atoms with van der Waals surface area (Å²) in [5.74, 6) is 0.916.